The minimum absolute atomic E-state index is 0.0422. The zero-order valence-electron chi connectivity index (χ0n) is 13.7. The van der Waals surface area contributed by atoms with Crippen molar-refractivity contribution in [3.8, 4) is 5.75 Å². The lowest BCUT2D eigenvalue weighted by molar-refractivity contribution is -0.142. The third kappa shape index (κ3) is 3.88. The molecule has 24 heavy (non-hydrogen) atoms. The average molecular weight is 332 g/mol. The fourth-order valence-corrected chi connectivity index (χ4v) is 2.30. The molecule has 2 aromatic rings. The fourth-order valence-electron chi connectivity index (χ4n) is 2.30. The van der Waals surface area contributed by atoms with Crippen LogP contribution in [-0.4, -0.2) is 52.3 Å². The van der Waals surface area contributed by atoms with E-state index in [0.29, 0.717) is 37.2 Å². The van der Waals surface area contributed by atoms with Crippen molar-refractivity contribution in [2.75, 3.05) is 26.3 Å². The van der Waals surface area contributed by atoms with Crippen molar-refractivity contribution in [1.29, 1.82) is 0 Å². The Morgan fingerprint density at radius 1 is 1.46 bits per heavy atom. The van der Waals surface area contributed by atoms with Crippen LogP contribution in [0.2, 0.25) is 0 Å². The van der Waals surface area contributed by atoms with Gasteiger partial charge in [-0.05, 0) is 12.1 Å². The van der Waals surface area contributed by atoms with Crippen molar-refractivity contribution in [3.63, 3.8) is 0 Å². The fraction of sp³-hybridized carbons (Fsp3) is 0.500. The molecule has 2 aromatic heterocycles. The maximum absolute atomic E-state index is 12.3. The van der Waals surface area contributed by atoms with Crippen LogP contribution < -0.4 is 4.74 Å². The molecule has 8 nitrogen and oxygen atoms in total. The molecule has 0 unspecified atom stereocenters. The first-order valence-electron chi connectivity index (χ1n) is 7.89. The van der Waals surface area contributed by atoms with E-state index >= 15 is 0 Å². The number of rotatable bonds is 5. The first-order valence-corrected chi connectivity index (χ1v) is 7.89. The maximum atomic E-state index is 12.3. The molecule has 0 radical (unpaired) electrons. The summed E-state index contributed by atoms with van der Waals surface area (Å²) >= 11 is 0. The number of hydrogen-bond donors (Lipinski definition) is 0. The van der Waals surface area contributed by atoms with E-state index in [4.69, 9.17) is 13.9 Å². The zero-order valence-corrected chi connectivity index (χ0v) is 13.7. The molecule has 3 heterocycles. The molecular formula is C16H20N4O4. The van der Waals surface area contributed by atoms with Gasteiger partial charge in [0.05, 0.1) is 19.3 Å². The Hall–Kier alpha value is -2.48. The number of carbonyl (C=O) groups excluding carboxylic acids is 1. The van der Waals surface area contributed by atoms with Crippen LogP contribution >= 0.6 is 0 Å². The number of amides is 1. The van der Waals surface area contributed by atoms with Crippen molar-refractivity contribution in [2.24, 2.45) is 0 Å². The summed E-state index contributed by atoms with van der Waals surface area (Å²) in [4.78, 5) is 18.0. The quantitative estimate of drug-likeness (QED) is 0.820. The van der Waals surface area contributed by atoms with Gasteiger partial charge in [-0.15, -0.1) is 10.2 Å². The molecule has 0 spiro atoms. The van der Waals surface area contributed by atoms with Crippen LogP contribution in [0.4, 0.5) is 0 Å². The lowest BCUT2D eigenvalue weighted by Crippen LogP contribution is -2.44. The Bertz CT molecular complexity index is 674. The van der Waals surface area contributed by atoms with E-state index in [-0.39, 0.29) is 18.4 Å². The van der Waals surface area contributed by atoms with E-state index in [1.807, 2.05) is 13.8 Å². The molecule has 8 heteroatoms. The Morgan fingerprint density at radius 2 is 2.33 bits per heavy atom. The Balaban J connectivity index is 1.57. The predicted molar refractivity (Wildman–Crippen MR) is 83.4 cm³/mol. The van der Waals surface area contributed by atoms with Gasteiger partial charge in [0.25, 0.3) is 5.91 Å². The first kappa shape index (κ1) is 16.4. The molecule has 1 fully saturated rings. The molecular weight excluding hydrogens is 312 g/mol. The van der Waals surface area contributed by atoms with E-state index < -0.39 is 6.10 Å². The molecule has 1 atom stereocenters. The van der Waals surface area contributed by atoms with Crippen molar-refractivity contribution >= 4 is 5.91 Å². The van der Waals surface area contributed by atoms with Gasteiger partial charge in [-0.1, -0.05) is 13.8 Å². The van der Waals surface area contributed by atoms with Gasteiger partial charge in [0.15, 0.2) is 12.7 Å². The maximum Gasteiger partial charge on any atom is 0.260 e. The minimum atomic E-state index is -0.402. The van der Waals surface area contributed by atoms with Gasteiger partial charge in [-0.3, -0.25) is 9.78 Å². The van der Waals surface area contributed by atoms with Gasteiger partial charge in [0.1, 0.15) is 5.75 Å². The number of aromatic nitrogens is 3. The van der Waals surface area contributed by atoms with Gasteiger partial charge in [-0.25, -0.2) is 0 Å². The molecule has 1 aliphatic heterocycles. The number of nitrogens with zero attached hydrogens (tertiary/aromatic N) is 4. The highest BCUT2D eigenvalue weighted by Gasteiger charge is 2.29. The van der Waals surface area contributed by atoms with Gasteiger partial charge in [-0.2, -0.15) is 0 Å². The van der Waals surface area contributed by atoms with E-state index in [1.54, 1.807) is 29.4 Å². The van der Waals surface area contributed by atoms with Crippen molar-refractivity contribution in [3.05, 3.63) is 36.3 Å². The Kier molecular flexibility index (Phi) is 5.05. The molecule has 128 valence electrons. The zero-order chi connectivity index (χ0) is 16.9. The van der Waals surface area contributed by atoms with Crippen molar-refractivity contribution in [2.45, 2.75) is 25.9 Å². The molecule has 0 N–H and O–H groups in total. The summed E-state index contributed by atoms with van der Waals surface area (Å²) in [6, 6.07) is 3.51. The Morgan fingerprint density at radius 3 is 3.04 bits per heavy atom. The minimum Gasteiger partial charge on any atom is -0.482 e. The summed E-state index contributed by atoms with van der Waals surface area (Å²) in [5.74, 6) is 1.58. The smallest absolute Gasteiger partial charge is 0.260 e. The number of hydrogen-bond acceptors (Lipinski definition) is 7. The lowest BCUT2D eigenvalue weighted by atomic mass is 10.2. The van der Waals surface area contributed by atoms with Crippen LogP contribution in [0.5, 0.6) is 5.75 Å². The van der Waals surface area contributed by atoms with E-state index in [1.165, 1.54) is 0 Å². The average Bonchev–Trinajstić information content (AvgIpc) is 3.11. The predicted octanol–water partition coefficient (Wildman–Crippen LogP) is 1.57. The largest absolute Gasteiger partial charge is 0.482 e. The van der Waals surface area contributed by atoms with Crippen LogP contribution in [0.25, 0.3) is 0 Å². The van der Waals surface area contributed by atoms with Gasteiger partial charge in [0.2, 0.25) is 11.8 Å². The van der Waals surface area contributed by atoms with E-state index in [0.717, 1.165) is 0 Å². The molecule has 0 aliphatic carbocycles. The van der Waals surface area contributed by atoms with Gasteiger partial charge in [0, 0.05) is 18.7 Å². The second-order valence-corrected chi connectivity index (χ2v) is 5.81. The lowest BCUT2D eigenvalue weighted by Gasteiger charge is -2.31. The molecule has 1 amide bonds. The standard InChI is InChI=1S/C16H20N4O4/c1-11(2)15-18-19-16(24-15)13-9-20(6-7-22-13)14(21)10-23-12-4-3-5-17-8-12/h3-5,8,11,13H,6-7,9-10H2,1-2H3/t13-/m0/s1. The highest BCUT2D eigenvalue weighted by Crippen LogP contribution is 2.23. The monoisotopic (exact) mass is 332 g/mol. The third-order valence-electron chi connectivity index (χ3n) is 3.64. The van der Waals surface area contributed by atoms with Crippen LogP contribution in [0.1, 0.15) is 37.7 Å². The Labute approximate surface area is 139 Å². The number of morpholine rings is 1. The van der Waals surface area contributed by atoms with E-state index in [2.05, 4.69) is 15.2 Å². The molecule has 3 rings (SSSR count). The summed E-state index contributed by atoms with van der Waals surface area (Å²) in [5, 5.41) is 8.03. The van der Waals surface area contributed by atoms with Crippen LogP contribution in [0.15, 0.2) is 28.9 Å². The van der Waals surface area contributed by atoms with Crippen LogP contribution in [0, 0.1) is 0 Å². The number of pyridine rings is 1. The molecule has 1 aliphatic rings. The summed E-state index contributed by atoms with van der Waals surface area (Å²) in [6.45, 7) is 5.21. The first-order chi connectivity index (χ1) is 11.6. The van der Waals surface area contributed by atoms with E-state index in [9.17, 15) is 4.79 Å². The molecule has 1 saturated heterocycles. The highest BCUT2D eigenvalue weighted by molar-refractivity contribution is 5.77. The second-order valence-electron chi connectivity index (χ2n) is 5.81. The number of ether oxygens (including phenoxy) is 2. The molecule has 0 bridgehead atoms. The van der Waals surface area contributed by atoms with Crippen LogP contribution in [0.3, 0.4) is 0 Å². The van der Waals surface area contributed by atoms with Crippen molar-refractivity contribution in [1.82, 2.24) is 20.1 Å². The van der Waals surface area contributed by atoms with Gasteiger partial charge >= 0.3 is 0 Å². The summed E-state index contributed by atoms with van der Waals surface area (Å²) in [6.07, 6.45) is 2.82. The molecule has 0 aromatic carbocycles. The second kappa shape index (κ2) is 7.39. The van der Waals surface area contributed by atoms with Gasteiger partial charge < -0.3 is 18.8 Å². The third-order valence-corrected chi connectivity index (χ3v) is 3.64. The normalized spacial score (nSPS) is 18.0. The summed E-state index contributed by atoms with van der Waals surface area (Å²) in [5.41, 5.74) is 0. The summed E-state index contributed by atoms with van der Waals surface area (Å²) in [7, 11) is 0. The van der Waals surface area contributed by atoms with Crippen molar-refractivity contribution < 1.29 is 18.7 Å². The van der Waals surface area contributed by atoms with Crippen LogP contribution in [-0.2, 0) is 9.53 Å². The molecule has 0 saturated carbocycles. The highest BCUT2D eigenvalue weighted by atomic mass is 16.5. The summed E-state index contributed by atoms with van der Waals surface area (Å²) < 4.78 is 16.7. The SMILES string of the molecule is CC(C)c1nnc([C@@H]2CN(C(=O)COc3cccnc3)CCO2)o1. The number of carbonyl (C=O) groups is 1. The topological polar surface area (TPSA) is 90.6 Å².